The minimum Gasteiger partial charge on any atom is -0.481 e. The van der Waals surface area contributed by atoms with Crippen molar-refractivity contribution in [1.82, 2.24) is 19.7 Å². The topological polar surface area (TPSA) is 93.4 Å². The number of halogens is 2. The maximum absolute atomic E-state index is 14.5. The fourth-order valence-corrected chi connectivity index (χ4v) is 3.70. The first-order valence-corrected chi connectivity index (χ1v) is 10.2. The fourth-order valence-electron chi connectivity index (χ4n) is 3.70. The van der Waals surface area contributed by atoms with Gasteiger partial charge in [-0.05, 0) is 25.8 Å². The molecule has 1 aliphatic rings. The second kappa shape index (κ2) is 8.52. The van der Waals surface area contributed by atoms with Gasteiger partial charge in [-0.2, -0.15) is 5.10 Å². The minimum absolute atomic E-state index is 0.102. The second-order valence-electron chi connectivity index (χ2n) is 8.04. The number of carbonyl (C=O) groups is 1. The van der Waals surface area contributed by atoms with Crippen molar-refractivity contribution in [3.8, 4) is 17.4 Å². The van der Waals surface area contributed by atoms with Crippen LogP contribution < -0.4 is 9.64 Å². The number of methoxy groups -OCH3 is 1. The summed E-state index contributed by atoms with van der Waals surface area (Å²) < 4.78 is 35.4. The molecule has 0 atom stereocenters. The Balaban J connectivity index is 1.60. The summed E-state index contributed by atoms with van der Waals surface area (Å²) in [5, 5.41) is 13.8. The summed E-state index contributed by atoms with van der Waals surface area (Å²) in [6.07, 6.45) is 1.84. The molecule has 10 heteroatoms. The molecule has 4 rings (SSSR count). The predicted molar refractivity (Wildman–Crippen MR) is 112 cm³/mol. The summed E-state index contributed by atoms with van der Waals surface area (Å²) in [4.78, 5) is 21.6. The van der Waals surface area contributed by atoms with E-state index in [1.807, 2.05) is 0 Å². The zero-order chi connectivity index (χ0) is 22.9. The van der Waals surface area contributed by atoms with Crippen LogP contribution in [0.15, 0.2) is 36.5 Å². The van der Waals surface area contributed by atoms with Crippen LogP contribution in [0.5, 0.6) is 5.88 Å². The molecule has 1 saturated heterocycles. The summed E-state index contributed by atoms with van der Waals surface area (Å²) in [5.41, 5.74) is -0.0374. The van der Waals surface area contributed by atoms with E-state index in [9.17, 15) is 18.7 Å². The highest BCUT2D eigenvalue weighted by Gasteiger charge is 2.37. The van der Waals surface area contributed by atoms with Gasteiger partial charge in [-0.25, -0.2) is 23.4 Å². The third-order valence-corrected chi connectivity index (χ3v) is 5.87. The van der Waals surface area contributed by atoms with Crippen LogP contribution in [-0.2, 0) is 11.3 Å². The molecule has 3 aromatic rings. The van der Waals surface area contributed by atoms with Crippen molar-refractivity contribution in [3.63, 3.8) is 0 Å². The van der Waals surface area contributed by atoms with Crippen LogP contribution in [0, 0.1) is 17.0 Å². The van der Waals surface area contributed by atoms with Crippen molar-refractivity contribution in [2.75, 3.05) is 25.1 Å². The van der Waals surface area contributed by atoms with Crippen LogP contribution in [0.3, 0.4) is 0 Å². The lowest BCUT2D eigenvalue weighted by molar-refractivity contribution is -0.149. The average Bonchev–Trinajstić information content (AvgIpc) is 3.19. The van der Waals surface area contributed by atoms with E-state index in [2.05, 4.69) is 15.1 Å². The van der Waals surface area contributed by atoms with Gasteiger partial charge < -0.3 is 14.7 Å². The molecule has 0 unspecified atom stereocenters. The van der Waals surface area contributed by atoms with Gasteiger partial charge in [-0.15, -0.1) is 0 Å². The first kappa shape index (κ1) is 21.7. The highest BCUT2D eigenvalue weighted by molar-refractivity contribution is 5.74. The number of hydrogen-bond acceptors (Lipinski definition) is 6. The smallest absolute Gasteiger partial charge is 0.309 e. The van der Waals surface area contributed by atoms with E-state index >= 15 is 0 Å². The molecule has 2 aromatic heterocycles. The fraction of sp³-hybridized carbons (Fsp3) is 0.364. The number of nitrogens with zero attached hydrogens (tertiary/aromatic N) is 5. The standard InChI is InChI=1S/C22H23F2N5O3/c1-22(21(30)31)7-9-28(10-8-22)20-16(24)12-25-19(26-20)17-11-18(32-2)29(27-17)13-14-5-3-4-6-15(14)23/h3-6,11-12H,7-10,13H2,1-2H3,(H,30,31). The molecule has 1 N–H and O–H groups in total. The number of hydrogen-bond donors (Lipinski definition) is 1. The first-order chi connectivity index (χ1) is 15.3. The van der Waals surface area contributed by atoms with Gasteiger partial charge in [-0.3, -0.25) is 4.79 Å². The molecular formula is C22H23F2N5O3. The molecule has 0 amide bonds. The summed E-state index contributed by atoms with van der Waals surface area (Å²) in [5.74, 6) is -1.12. The number of rotatable bonds is 6. The van der Waals surface area contributed by atoms with E-state index in [4.69, 9.17) is 4.74 Å². The van der Waals surface area contributed by atoms with Gasteiger partial charge in [-0.1, -0.05) is 18.2 Å². The van der Waals surface area contributed by atoms with E-state index in [1.165, 1.54) is 17.9 Å². The molecule has 0 saturated carbocycles. The summed E-state index contributed by atoms with van der Waals surface area (Å²) in [6.45, 7) is 2.56. The van der Waals surface area contributed by atoms with Gasteiger partial charge in [0.25, 0.3) is 0 Å². The molecule has 1 aromatic carbocycles. The quantitative estimate of drug-likeness (QED) is 0.624. The number of carboxylic acid groups (broad SMARTS) is 1. The predicted octanol–water partition coefficient (Wildman–Crippen LogP) is 3.37. The molecule has 168 valence electrons. The molecule has 0 spiro atoms. The highest BCUT2D eigenvalue weighted by Crippen LogP contribution is 2.34. The Kier molecular flexibility index (Phi) is 5.77. The van der Waals surface area contributed by atoms with Crippen LogP contribution in [0.1, 0.15) is 25.3 Å². The van der Waals surface area contributed by atoms with E-state index in [-0.39, 0.29) is 24.0 Å². The minimum atomic E-state index is -0.853. The van der Waals surface area contributed by atoms with Crippen LogP contribution in [0.2, 0.25) is 0 Å². The summed E-state index contributed by atoms with van der Waals surface area (Å²) in [6, 6.07) is 7.98. The second-order valence-corrected chi connectivity index (χ2v) is 8.04. The van der Waals surface area contributed by atoms with Crippen LogP contribution in [0.25, 0.3) is 11.5 Å². The molecule has 32 heavy (non-hydrogen) atoms. The first-order valence-electron chi connectivity index (χ1n) is 10.2. The van der Waals surface area contributed by atoms with Gasteiger partial charge in [0.1, 0.15) is 11.5 Å². The maximum Gasteiger partial charge on any atom is 0.309 e. The van der Waals surface area contributed by atoms with Crippen molar-refractivity contribution in [3.05, 3.63) is 53.7 Å². The Morgan fingerprint density at radius 3 is 2.59 bits per heavy atom. The summed E-state index contributed by atoms with van der Waals surface area (Å²) >= 11 is 0. The van der Waals surface area contributed by atoms with Crippen molar-refractivity contribution >= 4 is 11.8 Å². The van der Waals surface area contributed by atoms with E-state index in [0.717, 1.165) is 6.20 Å². The Hall–Kier alpha value is -3.56. The van der Waals surface area contributed by atoms with Crippen molar-refractivity contribution in [1.29, 1.82) is 0 Å². The Labute approximate surface area is 183 Å². The zero-order valence-corrected chi connectivity index (χ0v) is 17.8. The number of ether oxygens (including phenoxy) is 1. The number of piperidine rings is 1. The van der Waals surface area contributed by atoms with Crippen LogP contribution in [0.4, 0.5) is 14.6 Å². The maximum atomic E-state index is 14.5. The molecule has 1 aliphatic heterocycles. The zero-order valence-electron chi connectivity index (χ0n) is 17.8. The van der Waals surface area contributed by atoms with Gasteiger partial charge >= 0.3 is 5.97 Å². The lowest BCUT2D eigenvalue weighted by Gasteiger charge is -2.37. The number of carboxylic acids is 1. The van der Waals surface area contributed by atoms with Crippen LogP contribution >= 0.6 is 0 Å². The lowest BCUT2D eigenvalue weighted by atomic mass is 9.80. The highest BCUT2D eigenvalue weighted by atomic mass is 19.1. The third kappa shape index (κ3) is 4.12. The molecule has 0 aliphatic carbocycles. The molecule has 0 bridgehead atoms. The SMILES string of the molecule is COc1cc(-c2ncc(F)c(N3CCC(C)(C(=O)O)CC3)n2)nn1Cc1ccccc1F. The number of anilines is 1. The molecule has 1 fully saturated rings. The van der Waals surface area contributed by atoms with Gasteiger partial charge in [0.2, 0.25) is 5.88 Å². The molecule has 3 heterocycles. The van der Waals surface area contributed by atoms with E-state index in [1.54, 1.807) is 36.1 Å². The normalized spacial score (nSPS) is 15.6. The van der Waals surface area contributed by atoms with Crippen molar-refractivity contribution in [2.45, 2.75) is 26.3 Å². The Bertz CT molecular complexity index is 1140. The Morgan fingerprint density at radius 2 is 1.94 bits per heavy atom. The lowest BCUT2D eigenvalue weighted by Crippen LogP contribution is -2.43. The largest absolute Gasteiger partial charge is 0.481 e. The van der Waals surface area contributed by atoms with Gasteiger partial charge in [0.05, 0.1) is 25.3 Å². The van der Waals surface area contributed by atoms with Gasteiger partial charge in [0.15, 0.2) is 17.5 Å². The molecule has 0 radical (unpaired) electrons. The number of benzene rings is 1. The van der Waals surface area contributed by atoms with Crippen molar-refractivity contribution < 1.29 is 23.4 Å². The van der Waals surface area contributed by atoms with E-state index < -0.39 is 17.2 Å². The van der Waals surface area contributed by atoms with Crippen LogP contribution in [-0.4, -0.2) is 51.0 Å². The molecular weight excluding hydrogens is 420 g/mol. The third-order valence-electron chi connectivity index (χ3n) is 5.87. The number of aliphatic carboxylic acids is 1. The molecule has 8 nitrogen and oxygen atoms in total. The number of aromatic nitrogens is 4. The summed E-state index contributed by atoms with van der Waals surface area (Å²) in [7, 11) is 1.47. The monoisotopic (exact) mass is 443 g/mol. The van der Waals surface area contributed by atoms with Crippen molar-refractivity contribution in [2.24, 2.45) is 5.41 Å². The van der Waals surface area contributed by atoms with E-state index in [0.29, 0.717) is 43.1 Å². The Morgan fingerprint density at radius 1 is 1.22 bits per heavy atom. The van der Waals surface area contributed by atoms with Gasteiger partial charge in [0, 0.05) is 24.7 Å². The average molecular weight is 443 g/mol.